The molecule has 0 saturated heterocycles. The normalized spacial score (nSPS) is 12.1. The summed E-state index contributed by atoms with van der Waals surface area (Å²) in [4.78, 5) is 22.8. The smallest absolute Gasteiger partial charge is 0.271 e. The molecule has 0 aliphatic heterocycles. The van der Waals surface area contributed by atoms with Gasteiger partial charge in [-0.2, -0.15) is 0 Å². The highest BCUT2D eigenvalue weighted by molar-refractivity contribution is 7.15. The highest BCUT2D eigenvalue weighted by atomic mass is 32.1. The average molecular weight is 378 g/mol. The molecule has 3 aromatic heterocycles. The number of imidazole rings is 1. The second-order valence-electron chi connectivity index (χ2n) is 6.11. The maximum absolute atomic E-state index is 13.0. The van der Waals surface area contributed by atoms with E-state index in [0.717, 1.165) is 16.3 Å². The Morgan fingerprint density at radius 1 is 1.22 bits per heavy atom. The van der Waals surface area contributed by atoms with E-state index < -0.39 is 0 Å². The molecule has 0 spiro atoms. The van der Waals surface area contributed by atoms with Crippen molar-refractivity contribution >= 4 is 17.2 Å². The van der Waals surface area contributed by atoms with Crippen LogP contribution in [0.4, 0.5) is 0 Å². The molecule has 0 aliphatic rings. The summed E-state index contributed by atoms with van der Waals surface area (Å²) < 4.78 is 7.30. The number of hydrogen-bond acceptors (Lipinski definition) is 5. The lowest BCUT2D eigenvalue weighted by Crippen LogP contribution is -2.31. The zero-order chi connectivity index (χ0) is 18.8. The largest absolute Gasteiger partial charge is 0.462 e. The van der Waals surface area contributed by atoms with Crippen molar-refractivity contribution in [2.75, 3.05) is 0 Å². The van der Waals surface area contributed by atoms with Crippen LogP contribution in [-0.4, -0.2) is 20.4 Å². The molecule has 4 rings (SSSR count). The van der Waals surface area contributed by atoms with Crippen LogP contribution in [0.5, 0.6) is 0 Å². The first-order valence-corrected chi connectivity index (χ1v) is 9.29. The van der Waals surface area contributed by atoms with Gasteiger partial charge in [-0.3, -0.25) is 4.79 Å². The second-order valence-corrected chi connectivity index (χ2v) is 7.32. The molecule has 136 valence electrons. The fourth-order valence-electron chi connectivity index (χ4n) is 2.91. The van der Waals surface area contributed by atoms with E-state index in [2.05, 4.69) is 15.3 Å². The van der Waals surface area contributed by atoms with Gasteiger partial charge in [0.1, 0.15) is 17.6 Å². The fraction of sp³-hybridized carbons (Fsp3) is 0.150. The Morgan fingerprint density at radius 3 is 2.70 bits per heavy atom. The van der Waals surface area contributed by atoms with Crippen LogP contribution >= 0.6 is 11.3 Å². The lowest BCUT2D eigenvalue weighted by molar-refractivity contribution is 0.0936. The molecule has 0 saturated carbocycles. The number of aromatic nitrogens is 3. The van der Waals surface area contributed by atoms with Gasteiger partial charge in [-0.05, 0) is 24.6 Å². The van der Waals surface area contributed by atoms with Crippen molar-refractivity contribution in [2.24, 2.45) is 7.05 Å². The maximum Gasteiger partial charge on any atom is 0.271 e. The Morgan fingerprint density at radius 2 is 2.04 bits per heavy atom. The number of furan rings is 1. The van der Waals surface area contributed by atoms with Gasteiger partial charge in [-0.25, -0.2) is 9.97 Å². The van der Waals surface area contributed by atoms with Gasteiger partial charge in [0.05, 0.1) is 6.26 Å². The molecule has 1 aromatic carbocycles. The molecule has 6 nitrogen and oxygen atoms in total. The summed E-state index contributed by atoms with van der Waals surface area (Å²) in [5, 5.41) is 3.77. The lowest BCUT2D eigenvalue weighted by Gasteiger charge is -2.18. The van der Waals surface area contributed by atoms with Crippen molar-refractivity contribution in [2.45, 2.75) is 13.0 Å². The topological polar surface area (TPSA) is 73.0 Å². The van der Waals surface area contributed by atoms with E-state index in [0.29, 0.717) is 16.5 Å². The molecule has 0 bridgehead atoms. The minimum absolute atomic E-state index is 0.238. The van der Waals surface area contributed by atoms with Crippen molar-refractivity contribution in [3.8, 4) is 10.8 Å². The number of hydrogen-bond donors (Lipinski definition) is 1. The molecule has 3 heterocycles. The van der Waals surface area contributed by atoms with Crippen LogP contribution in [0.15, 0.2) is 65.5 Å². The highest BCUT2D eigenvalue weighted by Crippen LogP contribution is 2.29. The van der Waals surface area contributed by atoms with Crippen LogP contribution in [-0.2, 0) is 7.05 Å². The van der Waals surface area contributed by atoms with Crippen molar-refractivity contribution in [3.63, 3.8) is 0 Å². The number of carbonyl (C=O) groups excluding carboxylic acids is 1. The third-order valence-corrected chi connectivity index (χ3v) is 5.25. The number of rotatable bonds is 5. The molecule has 1 atom stereocenters. The SMILES string of the molecule is Cc1sc(-c2ccco2)nc1C(=O)NC(c1ccccc1)c1nccn1C. The van der Waals surface area contributed by atoms with E-state index in [1.54, 1.807) is 18.5 Å². The third-order valence-electron chi connectivity index (χ3n) is 4.27. The maximum atomic E-state index is 13.0. The van der Waals surface area contributed by atoms with Crippen molar-refractivity contribution in [1.82, 2.24) is 19.9 Å². The summed E-state index contributed by atoms with van der Waals surface area (Å²) in [5.74, 6) is 1.18. The first kappa shape index (κ1) is 17.2. The number of amides is 1. The number of nitrogens with one attached hydrogen (secondary N) is 1. The summed E-state index contributed by atoms with van der Waals surface area (Å²) in [7, 11) is 1.91. The van der Waals surface area contributed by atoms with Crippen LogP contribution in [0.2, 0.25) is 0 Å². The van der Waals surface area contributed by atoms with Crippen LogP contribution in [0.3, 0.4) is 0 Å². The van der Waals surface area contributed by atoms with Crippen LogP contribution < -0.4 is 5.32 Å². The van der Waals surface area contributed by atoms with E-state index in [9.17, 15) is 4.79 Å². The highest BCUT2D eigenvalue weighted by Gasteiger charge is 2.24. The summed E-state index contributed by atoms with van der Waals surface area (Å²) in [6, 6.07) is 13.1. The van der Waals surface area contributed by atoms with Crippen molar-refractivity contribution < 1.29 is 9.21 Å². The van der Waals surface area contributed by atoms with Gasteiger partial charge in [0.15, 0.2) is 10.8 Å². The molecular weight excluding hydrogens is 360 g/mol. The zero-order valence-corrected chi connectivity index (χ0v) is 15.7. The number of aryl methyl sites for hydroxylation is 2. The molecule has 27 heavy (non-hydrogen) atoms. The van der Waals surface area contributed by atoms with Crippen molar-refractivity contribution in [1.29, 1.82) is 0 Å². The molecule has 1 N–H and O–H groups in total. The summed E-state index contributed by atoms with van der Waals surface area (Å²) in [5.41, 5.74) is 1.36. The average Bonchev–Trinajstić information content (AvgIpc) is 3.41. The first-order chi connectivity index (χ1) is 13.1. The molecule has 0 radical (unpaired) electrons. The molecule has 0 fully saturated rings. The van der Waals surface area contributed by atoms with Gasteiger partial charge in [0.2, 0.25) is 0 Å². The lowest BCUT2D eigenvalue weighted by atomic mass is 10.1. The molecule has 0 aliphatic carbocycles. The number of carbonyl (C=O) groups is 1. The Balaban J connectivity index is 1.66. The van der Waals surface area contributed by atoms with Crippen molar-refractivity contribution in [3.05, 3.63) is 83.1 Å². The molecule has 7 heteroatoms. The van der Waals surface area contributed by atoms with Gasteiger partial charge in [-0.15, -0.1) is 11.3 Å². The van der Waals surface area contributed by atoms with Crippen LogP contribution in [0.25, 0.3) is 10.8 Å². The van der Waals surface area contributed by atoms with Gasteiger partial charge in [0.25, 0.3) is 5.91 Å². The van der Waals surface area contributed by atoms with E-state index in [1.165, 1.54) is 11.3 Å². The second kappa shape index (κ2) is 7.20. The third kappa shape index (κ3) is 3.41. The number of benzene rings is 1. The Kier molecular flexibility index (Phi) is 4.60. The van der Waals surface area contributed by atoms with E-state index in [-0.39, 0.29) is 11.9 Å². The van der Waals surface area contributed by atoms with E-state index in [1.807, 2.05) is 61.1 Å². The number of thiazole rings is 1. The van der Waals surface area contributed by atoms with Gasteiger partial charge in [0, 0.05) is 24.3 Å². The summed E-state index contributed by atoms with van der Waals surface area (Å²) in [6.45, 7) is 1.89. The summed E-state index contributed by atoms with van der Waals surface area (Å²) in [6.07, 6.45) is 5.18. The Hall–Kier alpha value is -3.19. The standard InChI is InChI=1S/C20H18N4O2S/c1-13-16(23-20(27-13)15-9-6-12-26-15)19(25)22-17(14-7-4-3-5-8-14)18-21-10-11-24(18)2/h3-12,17H,1-2H3,(H,22,25). The minimum Gasteiger partial charge on any atom is -0.462 e. The Labute approximate surface area is 160 Å². The molecule has 4 aromatic rings. The van der Waals surface area contributed by atoms with Crippen LogP contribution in [0.1, 0.15) is 32.8 Å². The molecule has 1 amide bonds. The van der Waals surface area contributed by atoms with E-state index in [4.69, 9.17) is 4.42 Å². The quantitative estimate of drug-likeness (QED) is 0.570. The van der Waals surface area contributed by atoms with Gasteiger partial charge < -0.3 is 14.3 Å². The predicted octanol–water partition coefficient (Wildman–Crippen LogP) is 3.96. The minimum atomic E-state index is -0.369. The zero-order valence-electron chi connectivity index (χ0n) is 14.9. The first-order valence-electron chi connectivity index (χ1n) is 8.48. The predicted molar refractivity (Wildman–Crippen MR) is 104 cm³/mol. The number of nitrogens with zero attached hydrogens (tertiary/aromatic N) is 3. The monoisotopic (exact) mass is 378 g/mol. The van der Waals surface area contributed by atoms with Gasteiger partial charge >= 0.3 is 0 Å². The van der Waals surface area contributed by atoms with Gasteiger partial charge in [-0.1, -0.05) is 30.3 Å². The van der Waals surface area contributed by atoms with Crippen LogP contribution in [0, 0.1) is 6.92 Å². The molecule has 1 unspecified atom stereocenters. The molecular formula is C20H18N4O2S. The summed E-state index contributed by atoms with van der Waals surface area (Å²) >= 11 is 1.44. The van der Waals surface area contributed by atoms with E-state index >= 15 is 0 Å². The Bertz CT molecular complexity index is 1050. The fourth-order valence-corrected chi connectivity index (χ4v) is 3.79.